The van der Waals surface area contributed by atoms with E-state index in [1.165, 1.54) is 64.2 Å². The number of hydrogen-bond donors (Lipinski definition) is 0. The van der Waals surface area contributed by atoms with Gasteiger partial charge in [-0.3, -0.25) is 0 Å². The van der Waals surface area contributed by atoms with Crippen LogP contribution in [-0.4, -0.2) is 12.2 Å². The molecule has 2 saturated carbocycles. The Morgan fingerprint density at radius 3 is 1.40 bits per heavy atom. The summed E-state index contributed by atoms with van der Waals surface area (Å²) in [6.45, 7) is 1.63. The van der Waals surface area contributed by atoms with Crippen LogP contribution >= 0.6 is 0 Å². The van der Waals surface area contributed by atoms with Crippen molar-refractivity contribution in [1.29, 1.82) is 0 Å². The van der Waals surface area contributed by atoms with Crippen LogP contribution in [0.5, 0.6) is 0 Å². The zero-order chi connectivity index (χ0) is 10.3. The Morgan fingerprint density at radius 1 is 0.600 bits per heavy atom. The van der Waals surface area contributed by atoms with Gasteiger partial charge in [0.25, 0.3) is 0 Å². The van der Waals surface area contributed by atoms with Gasteiger partial charge in [-0.2, -0.15) is 0 Å². The summed E-state index contributed by atoms with van der Waals surface area (Å²) >= 11 is 0. The summed E-state index contributed by atoms with van der Waals surface area (Å²) in [5, 5.41) is 0. The summed E-state index contributed by atoms with van der Waals surface area (Å²) in [6.07, 6.45) is 13.8. The number of rotatable bonds is 4. The molecule has 0 spiro atoms. The molecule has 0 bridgehead atoms. The molecule has 2 fully saturated rings. The van der Waals surface area contributed by atoms with E-state index in [1.54, 1.807) is 6.79 Å². The van der Waals surface area contributed by atoms with Crippen LogP contribution in [0.2, 0.25) is 0 Å². The van der Waals surface area contributed by atoms with E-state index < -0.39 is 0 Å². The lowest BCUT2D eigenvalue weighted by atomic mass is 9.98. The molecule has 0 N–H and O–H groups in total. The lowest BCUT2D eigenvalue weighted by Crippen LogP contribution is -2.20. The molecule has 0 aromatic rings. The number of hydrogen-bond acceptors (Lipinski definition) is 2. The van der Waals surface area contributed by atoms with Crippen LogP contribution in [-0.2, 0) is 9.47 Å². The van der Waals surface area contributed by atoms with Crippen molar-refractivity contribution < 1.29 is 9.47 Å². The molecule has 0 atom stereocenters. The van der Waals surface area contributed by atoms with E-state index >= 15 is 0 Å². The first-order chi connectivity index (χ1) is 7.45. The van der Waals surface area contributed by atoms with Crippen LogP contribution in [0.25, 0.3) is 0 Å². The highest BCUT2D eigenvalue weighted by atomic mass is 16.7. The molecule has 0 saturated heterocycles. The molecule has 0 aliphatic heterocycles. The van der Waals surface area contributed by atoms with Crippen LogP contribution in [0.4, 0.5) is 0 Å². The Kier molecular flexibility index (Phi) is 4.94. The minimum atomic E-state index is 0.433. The summed E-state index contributed by atoms with van der Waals surface area (Å²) in [7, 11) is 0. The molecule has 15 heavy (non-hydrogen) atoms. The molecular formula is C13H23O2. The van der Waals surface area contributed by atoms with E-state index in [-0.39, 0.29) is 0 Å². The Labute approximate surface area is 93.3 Å². The lowest BCUT2D eigenvalue weighted by molar-refractivity contribution is -0.0697. The summed E-state index contributed by atoms with van der Waals surface area (Å²) in [4.78, 5) is 0. The monoisotopic (exact) mass is 211 g/mol. The molecule has 0 unspecified atom stereocenters. The van der Waals surface area contributed by atoms with E-state index in [4.69, 9.17) is 9.47 Å². The van der Waals surface area contributed by atoms with E-state index in [2.05, 4.69) is 0 Å². The van der Waals surface area contributed by atoms with Crippen molar-refractivity contribution in [3.05, 3.63) is 6.79 Å². The van der Waals surface area contributed by atoms with E-state index in [9.17, 15) is 0 Å². The predicted molar refractivity (Wildman–Crippen MR) is 60.2 cm³/mol. The zero-order valence-corrected chi connectivity index (χ0v) is 9.62. The van der Waals surface area contributed by atoms with Crippen LogP contribution < -0.4 is 0 Å². The maximum absolute atomic E-state index is 5.64. The van der Waals surface area contributed by atoms with Gasteiger partial charge in [-0.05, 0) is 25.7 Å². The van der Waals surface area contributed by atoms with Gasteiger partial charge in [0.1, 0.15) is 0 Å². The topological polar surface area (TPSA) is 18.5 Å². The maximum atomic E-state index is 5.64. The molecular weight excluding hydrogens is 188 g/mol. The third kappa shape index (κ3) is 4.12. The lowest BCUT2D eigenvalue weighted by Gasteiger charge is -2.25. The van der Waals surface area contributed by atoms with E-state index in [1.807, 2.05) is 0 Å². The van der Waals surface area contributed by atoms with Crippen LogP contribution in [0.3, 0.4) is 0 Å². The summed E-state index contributed by atoms with van der Waals surface area (Å²) < 4.78 is 11.3. The zero-order valence-electron chi connectivity index (χ0n) is 9.62. The molecule has 2 rings (SSSR count). The SMILES string of the molecule is [CH](OC1CCCCC1)OC1CCCCC1. The van der Waals surface area contributed by atoms with Gasteiger partial charge in [0.05, 0.1) is 12.2 Å². The van der Waals surface area contributed by atoms with Crippen molar-refractivity contribution in [1.82, 2.24) is 0 Å². The fraction of sp³-hybridized carbons (Fsp3) is 0.923. The van der Waals surface area contributed by atoms with E-state index in [0.29, 0.717) is 12.2 Å². The van der Waals surface area contributed by atoms with Gasteiger partial charge in [-0.25, -0.2) is 0 Å². The first-order valence-corrected chi connectivity index (χ1v) is 6.58. The van der Waals surface area contributed by atoms with Crippen molar-refractivity contribution in [2.24, 2.45) is 0 Å². The molecule has 0 aromatic carbocycles. The first kappa shape index (κ1) is 11.4. The Morgan fingerprint density at radius 2 is 1.00 bits per heavy atom. The summed E-state index contributed by atoms with van der Waals surface area (Å²) in [5.41, 5.74) is 0. The largest absolute Gasteiger partial charge is 0.345 e. The third-order valence-corrected chi connectivity index (χ3v) is 3.60. The minimum absolute atomic E-state index is 0.433. The highest BCUT2D eigenvalue weighted by Crippen LogP contribution is 2.23. The third-order valence-electron chi connectivity index (χ3n) is 3.60. The summed E-state index contributed by atoms with van der Waals surface area (Å²) in [6, 6.07) is 0. The average Bonchev–Trinajstić information content (AvgIpc) is 2.32. The average molecular weight is 211 g/mol. The van der Waals surface area contributed by atoms with Gasteiger partial charge in [-0.1, -0.05) is 38.5 Å². The fourth-order valence-corrected chi connectivity index (χ4v) is 2.59. The quantitative estimate of drug-likeness (QED) is 0.704. The van der Waals surface area contributed by atoms with Crippen molar-refractivity contribution >= 4 is 0 Å². The van der Waals surface area contributed by atoms with Crippen molar-refractivity contribution in [2.45, 2.75) is 76.4 Å². The fourth-order valence-electron chi connectivity index (χ4n) is 2.59. The minimum Gasteiger partial charge on any atom is -0.345 e. The predicted octanol–water partition coefficient (Wildman–Crippen LogP) is 3.80. The normalized spacial score (nSPS) is 25.6. The molecule has 0 amide bonds. The van der Waals surface area contributed by atoms with E-state index in [0.717, 1.165) is 0 Å². The van der Waals surface area contributed by atoms with Crippen LogP contribution in [0.1, 0.15) is 64.2 Å². The highest BCUT2D eigenvalue weighted by Gasteiger charge is 2.17. The van der Waals surface area contributed by atoms with Crippen molar-refractivity contribution in [2.75, 3.05) is 0 Å². The van der Waals surface area contributed by atoms with Gasteiger partial charge in [0, 0.05) is 0 Å². The highest BCUT2D eigenvalue weighted by molar-refractivity contribution is 4.68. The summed E-state index contributed by atoms with van der Waals surface area (Å²) in [5.74, 6) is 0. The smallest absolute Gasteiger partial charge is 0.209 e. The second kappa shape index (κ2) is 6.49. The second-order valence-corrected chi connectivity index (χ2v) is 4.89. The Balaban J connectivity index is 1.53. The Bertz CT molecular complexity index is 140. The van der Waals surface area contributed by atoms with Crippen molar-refractivity contribution in [3.63, 3.8) is 0 Å². The molecule has 87 valence electrons. The van der Waals surface area contributed by atoms with Crippen LogP contribution in [0.15, 0.2) is 0 Å². The number of ether oxygens (including phenoxy) is 2. The molecule has 1 radical (unpaired) electrons. The maximum Gasteiger partial charge on any atom is 0.209 e. The molecule has 2 aliphatic carbocycles. The van der Waals surface area contributed by atoms with Crippen molar-refractivity contribution in [3.8, 4) is 0 Å². The first-order valence-electron chi connectivity index (χ1n) is 6.58. The van der Waals surface area contributed by atoms with Gasteiger partial charge in [0.15, 0.2) is 0 Å². The van der Waals surface area contributed by atoms with Gasteiger partial charge in [-0.15, -0.1) is 0 Å². The van der Waals surface area contributed by atoms with Gasteiger partial charge in [0.2, 0.25) is 6.79 Å². The Hall–Kier alpha value is -0.0800. The van der Waals surface area contributed by atoms with Crippen LogP contribution in [0, 0.1) is 6.79 Å². The second-order valence-electron chi connectivity index (χ2n) is 4.89. The molecule has 2 heteroatoms. The molecule has 0 heterocycles. The van der Waals surface area contributed by atoms with Gasteiger partial charge >= 0.3 is 0 Å². The molecule has 0 aromatic heterocycles. The molecule has 2 aliphatic rings. The molecule has 2 nitrogen and oxygen atoms in total. The standard InChI is InChI=1S/C13H23O2/c1-3-7-12(8-4-1)14-11-15-13-9-5-2-6-10-13/h11-13H,1-10H2. The van der Waals surface area contributed by atoms with Gasteiger partial charge < -0.3 is 9.47 Å².